The van der Waals surface area contributed by atoms with E-state index in [-0.39, 0.29) is 6.61 Å². The Morgan fingerprint density at radius 2 is 2.10 bits per heavy atom. The van der Waals surface area contributed by atoms with E-state index < -0.39 is 0 Å². The molecule has 0 saturated carbocycles. The minimum Gasteiger partial charge on any atom is -0.399 e. The first-order chi connectivity index (χ1) is 9.78. The highest BCUT2D eigenvalue weighted by Crippen LogP contribution is 2.37. The molecule has 110 valence electrons. The molecule has 0 spiro atoms. The fourth-order valence-corrected chi connectivity index (χ4v) is 3.66. The molecule has 3 N–H and O–H groups in total. The number of nitrogen functional groups attached to an aromatic ring is 1. The van der Waals surface area contributed by atoms with Crippen LogP contribution in [-0.2, 0) is 6.42 Å². The fraction of sp³-hybridized carbons (Fsp3) is 0.625. The molecule has 1 aliphatic heterocycles. The van der Waals surface area contributed by atoms with Crippen LogP contribution in [0.25, 0.3) is 0 Å². The SMILES string of the molecule is Nc1ccc2c(c1)CCC2N1CCCN(CCO)CC1. The largest absolute Gasteiger partial charge is 0.399 e. The molecule has 1 unspecified atom stereocenters. The number of β-amino-alcohol motifs (C(OH)–C–C–N with tert-alkyl or cyclic N) is 1. The molecular formula is C16H25N3O. The lowest BCUT2D eigenvalue weighted by atomic mass is 10.1. The van der Waals surface area contributed by atoms with Crippen molar-refractivity contribution < 1.29 is 5.11 Å². The van der Waals surface area contributed by atoms with Crippen molar-refractivity contribution in [3.63, 3.8) is 0 Å². The quantitative estimate of drug-likeness (QED) is 0.815. The van der Waals surface area contributed by atoms with Crippen molar-refractivity contribution in [3.05, 3.63) is 29.3 Å². The summed E-state index contributed by atoms with van der Waals surface area (Å²) in [4.78, 5) is 5.00. The normalized spacial score (nSPS) is 24.6. The molecule has 4 heteroatoms. The standard InChI is InChI=1S/C16H25N3O/c17-14-3-4-15-13(12-14)2-5-16(15)19-7-1-6-18(8-9-19)10-11-20/h3-4,12,16,20H,1-2,5-11,17H2. The summed E-state index contributed by atoms with van der Waals surface area (Å²) in [6.07, 6.45) is 3.57. The molecular weight excluding hydrogens is 250 g/mol. The lowest BCUT2D eigenvalue weighted by Gasteiger charge is -2.28. The van der Waals surface area contributed by atoms with Crippen LogP contribution in [0.4, 0.5) is 5.69 Å². The molecule has 0 amide bonds. The van der Waals surface area contributed by atoms with E-state index in [4.69, 9.17) is 10.8 Å². The van der Waals surface area contributed by atoms with Crippen molar-refractivity contribution >= 4 is 5.69 Å². The molecule has 1 atom stereocenters. The van der Waals surface area contributed by atoms with Gasteiger partial charge in [0, 0.05) is 37.9 Å². The predicted molar refractivity (Wildman–Crippen MR) is 81.6 cm³/mol. The van der Waals surface area contributed by atoms with E-state index in [0.29, 0.717) is 6.04 Å². The molecule has 3 rings (SSSR count). The molecule has 0 aromatic heterocycles. The number of hydrogen-bond acceptors (Lipinski definition) is 4. The average molecular weight is 275 g/mol. The molecule has 1 heterocycles. The van der Waals surface area contributed by atoms with E-state index in [9.17, 15) is 0 Å². The Morgan fingerprint density at radius 3 is 2.95 bits per heavy atom. The predicted octanol–water partition coefficient (Wildman–Crippen LogP) is 1.26. The van der Waals surface area contributed by atoms with Crippen molar-refractivity contribution in [2.75, 3.05) is 45.1 Å². The molecule has 1 aromatic rings. The van der Waals surface area contributed by atoms with Crippen LogP contribution in [0.5, 0.6) is 0 Å². The first kappa shape index (κ1) is 13.9. The maximum Gasteiger partial charge on any atom is 0.0558 e. The lowest BCUT2D eigenvalue weighted by Crippen LogP contribution is -2.34. The summed E-state index contributed by atoms with van der Waals surface area (Å²) in [5.41, 5.74) is 9.69. The zero-order chi connectivity index (χ0) is 13.9. The van der Waals surface area contributed by atoms with Crippen molar-refractivity contribution in [1.29, 1.82) is 0 Å². The number of benzene rings is 1. The molecule has 20 heavy (non-hydrogen) atoms. The maximum absolute atomic E-state index is 9.08. The van der Waals surface area contributed by atoms with Gasteiger partial charge in [-0.15, -0.1) is 0 Å². The van der Waals surface area contributed by atoms with Crippen molar-refractivity contribution in [2.24, 2.45) is 0 Å². The maximum atomic E-state index is 9.08. The molecule has 2 aliphatic rings. The first-order valence-electron chi connectivity index (χ1n) is 7.73. The highest BCUT2D eigenvalue weighted by atomic mass is 16.3. The summed E-state index contributed by atoms with van der Waals surface area (Å²) in [6.45, 7) is 5.53. The Hall–Kier alpha value is -1.10. The fourth-order valence-electron chi connectivity index (χ4n) is 3.66. The highest BCUT2D eigenvalue weighted by Gasteiger charge is 2.29. The number of aryl methyl sites for hydroxylation is 1. The summed E-state index contributed by atoms with van der Waals surface area (Å²) in [5.74, 6) is 0. The Kier molecular flexibility index (Phi) is 4.24. The minimum absolute atomic E-state index is 0.269. The van der Waals surface area contributed by atoms with Crippen LogP contribution >= 0.6 is 0 Å². The van der Waals surface area contributed by atoms with Crippen LogP contribution in [0, 0.1) is 0 Å². The van der Waals surface area contributed by atoms with Gasteiger partial charge in [0.1, 0.15) is 0 Å². The molecule has 0 bridgehead atoms. The Labute approximate surface area is 121 Å². The molecule has 1 aromatic carbocycles. The number of aliphatic hydroxyl groups excluding tert-OH is 1. The third-order valence-corrected chi connectivity index (χ3v) is 4.69. The van der Waals surface area contributed by atoms with E-state index in [0.717, 1.165) is 44.8 Å². The second kappa shape index (κ2) is 6.12. The van der Waals surface area contributed by atoms with Gasteiger partial charge >= 0.3 is 0 Å². The van der Waals surface area contributed by atoms with E-state index in [1.807, 2.05) is 6.07 Å². The van der Waals surface area contributed by atoms with Gasteiger partial charge in [0.05, 0.1) is 6.61 Å². The van der Waals surface area contributed by atoms with E-state index in [1.165, 1.54) is 24.0 Å². The van der Waals surface area contributed by atoms with Gasteiger partial charge in [0.15, 0.2) is 0 Å². The van der Waals surface area contributed by atoms with Gasteiger partial charge in [0.25, 0.3) is 0 Å². The molecule has 4 nitrogen and oxygen atoms in total. The number of nitrogens with two attached hydrogens (primary N) is 1. The van der Waals surface area contributed by atoms with E-state index in [1.54, 1.807) is 0 Å². The van der Waals surface area contributed by atoms with Gasteiger partial charge in [0.2, 0.25) is 0 Å². The first-order valence-corrected chi connectivity index (χ1v) is 7.73. The van der Waals surface area contributed by atoms with Crippen molar-refractivity contribution in [2.45, 2.75) is 25.3 Å². The van der Waals surface area contributed by atoms with Gasteiger partial charge < -0.3 is 10.8 Å². The Bertz CT molecular complexity index is 463. The topological polar surface area (TPSA) is 52.7 Å². The Balaban J connectivity index is 1.69. The zero-order valence-electron chi connectivity index (χ0n) is 12.1. The van der Waals surface area contributed by atoms with Gasteiger partial charge in [-0.3, -0.25) is 9.80 Å². The minimum atomic E-state index is 0.269. The van der Waals surface area contributed by atoms with Crippen molar-refractivity contribution in [3.8, 4) is 0 Å². The number of hydrogen-bond donors (Lipinski definition) is 2. The third-order valence-electron chi connectivity index (χ3n) is 4.69. The van der Waals surface area contributed by atoms with Crippen LogP contribution in [0.3, 0.4) is 0 Å². The second-order valence-corrected chi connectivity index (χ2v) is 5.97. The molecule has 0 radical (unpaired) electrons. The summed E-state index contributed by atoms with van der Waals surface area (Å²) in [6, 6.07) is 6.97. The summed E-state index contributed by atoms with van der Waals surface area (Å²) in [5, 5.41) is 9.08. The zero-order valence-corrected chi connectivity index (χ0v) is 12.1. The number of fused-ring (bicyclic) bond motifs is 1. The van der Waals surface area contributed by atoms with Gasteiger partial charge in [-0.1, -0.05) is 6.07 Å². The number of rotatable bonds is 3. The second-order valence-electron chi connectivity index (χ2n) is 5.97. The van der Waals surface area contributed by atoms with Crippen LogP contribution in [-0.4, -0.2) is 54.2 Å². The molecule has 1 aliphatic carbocycles. The molecule has 1 saturated heterocycles. The summed E-state index contributed by atoms with van der Waals surface area (Å²) >= 11 is 0. The Morgan fingerprint density at radius 1 is 1.20 bits per heavy atom. The van der Waals surface area contributed by atoms with Crippen LogP contribution in [0.2, 0.25) is 0 Å². The van der Waals surface area contributed by atoms with Crippen LogP contribution < -0.4 is 5.73 Å². The van der Waals surface area contributed by atoms with E-state index >= 15 is 0 Å². The van der Waals surface area contributed by atoms with Crippen LogP contribution in [0.1, 0.15) is 30.0 Å². The number of nitrogens with zero attached hydrogens (tertiary/aromatic N) is 2. The number of anilines is 1. The smallest absolute Gasteiger partial charge is 0.0558 e. The number of aliphatic hydroxyl groups is 1. The highest BCUT2D eigenvalue weighted by molar-refractivity contribution is 5.47. The molecule has 1 fully saturated rings. The lowest BCUT2D eigenvalue weighted by molar-refractivity contribution is 0.180. The van der Waals surface area contributed by atoms with Gasteiger partial charge in [-0.2, -0.15) is 0 Å². The van der Waals surface area contributed by atoms with Gasteiger partial charge in [-0.05, 0) is 49.1 Å². The van der Waals surface area contributed by atoms with E-state index in [2.05, 4.69) is 21.9 Å². The van der Waals surface area contributed by atoms with Crippen molar-refractivity contribution in [1.82, 2.24) is 9.80 Å². The summed E-state index contributed by atoms with van der Waals surface area (Å²) < 4.78 is 0. The monoisotopic (exact) mass is 275 g/mol. The third kappa shape index (κ3) is 2.82. The summed E-state index contributed by atoms with van der Waals surface area (Å²) in [7, 11) is 0. The average Bonchev–Trinajstić information content (AvgIpc) is 2.71. The van der Waals surface area contributed by atoms with Gasteiger partial charge in [-0.25, -0.2) is 0 Å². The van der Waals surface area contributed by atoms with Crippen LogP contribution in [0.15, 0.2) is 18.2 Å².